The molecule has 96 valence electrons. The van der Waals surface area contributed by atoms with E-state index in [-0.39, 0.29) is 0 Å². The fourth-order valence-corrected chi connectivity index (χ4v) is 2.71. The number of hydrogen-bond donors (Lipinski definition) is 1. The number of rotatable bonds is 3. The van der Waals surface area contributed by atoms with E-state index in [4.69, 9.17) is 0 Å². The lowest BCUT2D eigenvalue weighted by Crippen LogP contribution is -2.23. The Bertz CT molecular complexity index is 542. The first kappa shape index (κ1) is 12.0. The van der Waals surface area contributed by atoms with E-state index < -0.39 is 0 Å². The number of allylic oxidation sites excluding steroid dienone is 1. The third-order valence-corrected chi connectivity index (χ3v) is 3.66. The van der Waals surface area contributed by atoms with Crippen LogP contribution in [0.4, 0.5) is 5.69 Å². The van der Waals surface area contributed by atoms with Crippen molar-refractivity contribution in [3.8, 4) is 0 Å². The van der Waals surface area contributed by atoms with Crippen LogP contribution >= 0.6 is 0 Å². The zero-order valence-corrected chi connectivity index (χ0v) is 11.0. The van der Waals surface area contributed by atoms with Crippen molar-refractivity contribution in [1.29, 1.82) is 0 Å². The van der Waals surface area contributed by atoms with E-state index in [1.54, 1.807) is 0 Å². The molecule has 0 saturated carbocycles. The maximum absolute atomic E-state index is 3.66. The highest BCUT2D eigenvalue weighted by molar-refractivity contribution is 5.73. The average molecular weight is 249 g/mol. The van der Waals surface area contributed by atoms with Gasteiger partial charge < -0.3 is 5.32 Å². The Kier molecular flexibility index (Phi) is 3.64. The minimum Gasteiger partial charge on any atom is -0.378 e. The van der Waals surface area contributed by atoms with Crippen LogP contribution in [0.3, 0.4) is 0 Å². The van der Waals surface area contributed by atoms with Crippen molar-refractivity contribution in [3.05, 3.63) is 72.3 Å². The van der Waals surface area contributed by atoms with Crippen LogP contribution in [0.25, 0.3) is 5.57 Å². The summed E-state index contributed by atoms with van der Waals surface area (Å²) in [5, 5.41) is 3.66. The maximum Gasteiger partial charge on any atom is 0.0516 e. The van der Waals surface area contributed by atoms with Crippen LogP contribution in [0.2, 0.25) is 0 Å². The lowest BCUT2D eigenvalue weighted by atomic mass is 9.89. The zero-order chi connectivity index (χ0) is 12.9. The molecule has 0 amide bonds. The van der Waals surface area contributed by atoms with Gasteiger partial charge in [-0.3, -0.25) is 0 Å². The molecule has 2 aromatic carbocycles. The summed E-state index contributed by atoms with van der Waals surface area (Å²) in [5.41, 5.74) is 3.99. The van der Waals surface area contributed by atoms with Crippen molar-refractivity contribution in [1.82, 2.24) is 0 Å². The van der Waals surface area contributed by atoms with Gasteiger partial charge in [0.2, 0.25) is 0 Å². The van der Waals surface area contributed by atoms with E-state index in [2.05, 4.69) is 72.1 Å². The van der Waals surface area contributed by atoms with Crippen LogP contribution in [0.5, 0.6) is 0 Å². The lowest BCUT2D eigenvalue weighted by molar-refractivity contribution is 0.687. The second kappa shape index (κ2) is 5.75. The maximum atomic E-state index is 3.66. The summed E-state index contributed by atoms with van der Waals surface area (Å²) in [5.74, 6) is 0. The molecule has 0 bridgehead atoms. The van der Waals surface area contributed by atoms with Gasteiger partial charge in [0.25, 0.3) is 0 Å². The van der Waals surface area contributed by atoms with Gasteiger partial charge in [-0.15, -0.1) is 0 Å². The van der Waals surface area contributed by atoms with Gasteiger partial charge in [-0.1, -0.05) is 54.6 Å². The number of anilines is 1. The average Bonchev–Trinajstić information content (AvgIpc) is 2.50. The highest BCUT2D eigenvalue weighted by Gasteiger charge is 2.18. The Balaban J connectivity index is 1.84. The molecule has 1 aliphatic rings. The van der Waals surface area contributed by atoms with E-state index in [1.165, 1.54) is 36.1 Å². The van der Waals surface area contributed by atoms with Crippen molar-refractivity contribution < 1.29 is 0 Å². The van der Waals surface area contributed by atoms with Crippen LogP contribution in [-0.4, -0.2) is 6.04 Å². The van der Waals surface area contributed by atoms with Gasteiger partial charge in [-0.25, -0.2) is 0 Å². The summed E-state index contributed by atoms with van der Waals surface area (Å²) in [6.45, 7) is 0. The standard InChI is InChI=1S/C18H19N/c1-3-9-15(10-4-1)17-13-7-8-14-18(17)19-16-11-5-2-6-12-16/h1-6,9-13,18-19H,7-8,14H2. The van der Waals surface area contributed by atoms with Crippen molar-refractivity contribution in [3.63, 3.8) is 0 Å². The summed E-state index contributed by atoms with van der Waals surface area (Å²) >= 11 is 0. The fraction of sp³-hybridized carbons (Fsp3) is 0.222. The van der Waals surface area contributed by atoms with Crippen LogP contribution < -0.4 is 5.32 Å². The van der Waals surface area contributed by atoms with E-state index in [9.17, 15) is 0 Å². The van der Waals surface area contributed by atoms with Gasteiger partial charge in [0, 0.05) is 5.69 Å². The Hall–Kier alpha value is -2.02. The van der Waals surface area contributed by atoms with Gasteiger partial charge in [0.05, 0.1) is 6.04 Å². The topological polar surface area (TPSA) is 12.0 Å². The first-order chi connectivity index (χ1) is 9.43. The molecular formula is C18H19N. The van der Waals surface area contributed by atoms with Gasteiger partial charge in [0.15, 0.2) is 0 Å². The molecule has 0 heterocycles. The summed E-state index contributed by atoms with van der Waals surface area (Å²) in [6, 6.07) is 21.6. The lowest BCUT2D eigenvalue weighted by Gasteiger charge is -2.26. The van der Waals surface area contributed by atoms with E-state index in [0.717, 1.165) is 0 Å². The predicted molar refractivity (Wildman–Crippen MR) is 82.1 cm³/mol. The Labute approximate surface area is 115 Å². The molecule has 0 aliphatic heterocycles. The third kappa shape index (κ3) is 2.87. The Morgan fingerprint density at radius 1 is 0.842 bits per heavy atom. The fourth-order valence-electron chi connectivity index (χ4n) is 2.71. The first-order valence-electron chi connectivity index (χ1n) is 7.00. The molecule has 0 radical (unpaired) electrons. The zero-order valence-electron chi connectivity index (χ0n) is 11.0. The van der Waals surface area contributed by atoms with Crippen LogP contribution in [0.1, 0.15) is 24.8 Å². The van der Waals surface area contributed by atoms with Crippen molar-refractivity contribution >= 4 is 11.3 Å². The molecule has 0 saturated heterocycles. The van der Waals surface area contributed by atoms with Crippen molar-refractivity contribution in [2.24, 2.45) is 0 Å². The predicted octanol–water partition coefficient (Wildman–Crippen LogP) is 4.73. The van der Waals surface area contributed by atoms with Crippen molar-refractivity contribution in [2.75, 3.05) is 5.32 Å². The molecule has 1 unspecified atom stereocenters. The normalized spacial score (nSPS) is 18.7. The largest absolute Gasteiger partial charge is 0.378 e. The molecule has 2 aromatic rings. The smallest absolute Gasteiger partial charge is 0.0516 e. The molecular weight excluding hydrogens is 230 g/mol. The van der Waals surface area contributed by atoms with E-state index in [1.807, 2.05) is 0 Å². The minimum absolute atomic E-state index is 0.429. The molecule has 1 N–H and O–H groups in total. The molecule has 1 atom stereocenters. The molecule has 19 heavy (non-hydrogen) atoms. The van der Waals surface area contributed by atoms with E-state index in [0.29, 0.717) is 6.04 Å². The number of nitrogens with one attached hydrogen (secondary N) is 1. The molecule has 3 rings (SSSR count). The molecule has 1 heteroatoms. The number of benzene rings is 2. The van der Waals surface area contributed by atoms with Gasteiger partial charge in [0.1, 0.15) is 0 Å². The summed E-state index contributed by atoms with van der Waals surface area (Å²) in [6.07, 6.45) is 6.05. The minimum atomic E-state index is 0.429. The summed E-state index contributed by atoms with van der Waals surface area (Å²) in [7, 11) is 0. The monoisotopic (exact) mass is 249 g/mol. The van der Waals surface area contributed by atoms with Gasteiger partial charge in [-0.2, -0.15) is 0 Å². The first-order valence-corrected chi connectivity index (χ1v) is 7.00. The Morgan fingerprint density at radius 2 is 1.53 bits per heavy atom. The SMILES string of the molecule is C1=C(c2ccccc2)C(Nc2ccccc2)CCC1. The van der Waals surface area contributed by atoms with Gasteiger partial charge >= 0.3 is 0 Å². The van der Waals surface area contributed by atoms with Crippen LogP contribution in [0.15, 0.2) is 66.7 Å². The molecule has 0 aromatic heterocycles. The second-order valence-corrected chi connectivity index (χ2v) is 5.02. The van der Waals surface area contributed by atoms with Crippen molar-refractivity contribution in [2.45, 2.75) is 25.3 Å². The highest BCUT2D eigenvalue weighted by Crippen LogP contribution is 2.29. The van der Waals surface area contributed by atoms with Crippen LogP contribution in [-0.2, 0) is 0 Å². The highest BCUT2D eigenvalue weighted by atomic mass is 14.9. The van der Waals surface area contributed by atoms with Gasteiger partial charge in [-0.05, 0) is 42.5 Å². The molecule has 1 nitrogen and oxygen atoms in total. The third-order valence-electron chi connectivity index (χ3n) is 3.66. The molecule has 1 aliphatic carbocycles. The Morgan fingerprint density at radius 3 is 2.26 bits per heavy atom. The van der Waals surface area contributed by atoms with Crippen LogP contribution in [0, 0.1) is 0 Å². The quantitative estimate of drug-likeness (QED) is 0.828. The summed E-state index contributed by atoms with van der Waals surface area (Å²) in [4.78, 5) is 0. The molecule has 0 fully saturated rings. The second-order valence-electron chi connectivity index (χ2n) is 5.02. The molecule has 0 spiro atoms. The number of para-hydroxylation sites is 1. The number of hydrogen-bond acceptors (Lipinski definition) is 1. The van der Waals surface area contributed by atoms with E-state index >= 15 is 0 Å². The summed E-state index contributed by atoms with van der Waals surface area (Å²) < 4.78 is 0.